The van der Waals surface area contributed by atoms with Crippen molar-refractivity contribution in [3.63, 3.8) is 0 Å². The molecule has 5 fully saturated rings. The Labute approximate surface area is 173 Å². The fourth-order valence-electron chi connectivity index (χ4n) is 6.97. The summed E-state index contributed by atoms with van der Waals surface area (Å²) < 4.78 is 5.26. The van der Waals surface area contributed by atoms with Crippen LogP contribution in [0.5, 0.6) is 5.75 Å². The number of nitrogens with zero attached hydrogens (tertiary/aromatic N) is 2. The summed E-state index contributed by atoms with van der Waals surface area (Å²) in [6, 6.07) is 7.34. The Kier molecular flexibility index (Phi) is 4.79. The van der Waals surface area contributed by atoms with Crippen molar-refractivity contribution in [2.75, 3.05) is 33.3 Å². The zero-order valence-electron chi connectivity index (χ0n) is 17.4. The van der Waals surface area contributed by atoms with Crippen molar-refractivity contribution >= 4 is 11.8 Å². The number of rotatable bonds is 3. The second-order valence-electron chi connectivity index (χ2n) is 9.87. The van der Waals surface area contributed by atoms with E-state index in [4.69, 9.17) is 4.74 Å². The molecule has 1 aliphatic heterocycles. The molecule has 5 heteroatoms. The van der Waals surface area contributed by atoms with Gasteiger partial charge in [-0.2, -0.15) is 0 Å². The molecule has 2 amide bonds. The van der Waals surface area contributed by atoms with Crippen molar-refractivity contribution in [2.24, 2.45) is 23.2 Å². The predicted molar refractivity (Wildman–Crippen MR) is 111 cm³/mol. The van der Waals surface area contributed by atoms with Gasteiger partial charge in [0.15, 0.2) is 0 Å². The summed E-state index contributed by atoms with van der Waals surface area (Å²) >= 11 is 0. The number of hydrogen-bond donors (Lipinski definition) is 0. The van der Waals surface area contributed by atoms with E-state index in [9.17, 15) is 9.59 Å². The molecule has 0 unspecified atom stereocenters. The third-order valence-corrected chi connectivity index (χ3v) is 7.88. The SMILES string of the molecule is COc1cccc(C(=O)N2CCCN(C(=O)C34CC5CC(CC(C5)C3)C4)CC2)c1. The first-order valence-corrected chi connectivity index (χ1v) is 11.3. The number of benzene rings is 1. The van der Waals surface area contributed by atoms with Crippen LogP contribution >= 0.6 is 0 Å². The summed E-state index contributed by atoms with van der Waals surface area (Å²) in [5.74, 6) is 3.47. The summed E-state index contributed by atoms with van der Waals surface area (Å²) in [6.07, 6.45) is 8.26. The van der Waals surface area contributed by atoms with Gasteiger partial charge < -0.3 is 14.5 Å². The van der Waals surface area contributed by atoms with Crippen molar-refractivity contribution in [2.45, 2.75) is 44.9 Å². The maximum absolute atomic E-state index is 13.6. The highest BCUT2D eigenvalue weighted by molar-refractivity contribution is 5.94. The van der Waals surface area contributed by atoms with Crippen molar-refractivity contribution in [3.8, 4) is 5.75 Å². The number of carbonyl (C=O) groups excluding carboxylic acids is 2. The molecule has 0 radical (unpaired) electrons. The summed E-state index contributed by atoms with van der Waals surface area (Å²) in [5, 5.41) is 0. The monoisotopic (exact) mass is 396 g/mol. The molecule has 1 aromatic carbocycles. The molecule has 1 heterocycles. The fraction of sp³-hybridized carbons (Fsp3) is 0.667. The van der Waals surface area contributed by atoms with E-state index in [2.05, 4.69) is 4.90 Å². The van der Waals surface area contributed by atoms with Crippen LogP contribution < -0.4 is 4.74 Å². The third kappa shape index (κ3) is 3.43. The Bertz CT molecular complexity index is 770. The molecule has 1 saturated heterocycles. The lowest BCUT2D eigenvalue weighted by Gasteiger charge is -2.56. The van der Waals surface area contributed by atoms with E-state index in [-0.39, 0.29) is 11.3 Å². The molecule has 5 nitrogen and oxygen atoms in total. The molecule has 5 aliphatic rings. The number of hydrogen-bond acceptors (Lipinski definition) is 3. The number of carbonyl (C=O) groups is 2. The van der Waals surface area contributed by atoms with E-state index in [1.807, 2.05) is 23.1 Å². The largest absolute Gasteiger partial charge is 0.497 e. The number of methoxy groups -OCH3 is 1. The lowest BCUT2D eigenvalue weighted by Crippen LogP contribution is -2.55. The van der Waals surface area contributed by atoms with Gasteiger partial charge >= 0.3 is 0 Å². The average Bonchev–Trinajstić information content (AvgIpc) is 2.98. The zero-order chi connectivity index (χ0) is 20.0. The predicted octanol–water partition coefficient (Wildman–Crippen LogP) is 3.59. The molecule has 0 atom stereocenters. The van der Waals surface area contributed by atoms with Gasteiger partial charge in [-0.25, -0.2) is 0 Å². The van der Waals surface area contributed by atoms with Crippen LogP contribution in [-0.2, 0) is 4.79 Å². The Morgan fingerprint density at radius 1 is 0.931 bits per heavy atom. The van der Waals surface area contributed by atoms with Gasteiger partial charge in [0.1, 0.15) is 5.75 Å². The zero-order valence-corrected chi connectivity index (χ0v) is 17.4. The van der Waals surface area contributed by atoms with E-state index < -0.39 is 0 Å². The van der Waals surface area contributed by atoms with Crippen molar-refractivity contribution < 1.29 is 14.3 Å². The van der Waals surface area contributed by atoms with E-state index in [1.54, 1.807) is 13.2 Å². The van der Waals surface area contributed by atoms with E-state index in [0.717, 1.165) is 50.0 Å². The van der Waals surface area contributed by atoms with Crippen LogP contribution in [0.15, 0.2) is 24.3 Å². The lowest BCUT2D eigenvalue weighted by atomic mass is 9.49. The lowest BCUT2D eigenvalue weighted by molar-refractivity contribution is -0.157. The highest BCUT2D eigenvalue weighted by Gasteiger charge is 2.55. The van der Waals surface area contributed by atoms with Gasteiger partial charge in [-0.3, -0.25) is 9.59 Å². The molecule has 4 aliphatic carbocycles. The highest BCUT2D eigenvalue weighted by atomic mass is 16.5. The van der Waals surface area contributed by atoms with Gasteiger partial charge in [-0.1, -0.05) is 6.07 Å². The Morgan fingerprint density at radius 2 is 1.55 bits per heavy atom. The maximum atomic E-state index is 13.6. The average molecular weight is 397 g/mol. The van der Waals surface area contributed by atoms with E-state index in [1.165, 1.54) is 19.3 Å². The summed E-state index contributed by atoms with van der Waals surface area (Å²) in [4.78, 5) is 30.6. The first-order chi connectivity index (χ1) is 14.1. The molecule has 0 spiro atoms. The Hall–Kier alpha value is -2.04. The van der Waals surface area contributed by atoms with Crippen LogP contribution in [0, 0.1) is 23.2 Å². The van der Waals surface area contributed by atoms with Crippen LogP contribution in [0.3, 0.4) is 0 Å². The maximum Gasteiger partial charge on any atom is 0.254 e. The molecule has 6 rings (SSSR count). The van der Waals surface area contributed by atoms with Gasteiger partial charge in [-0.05, 0) is 80.9 Å². The first-order valence-electron chi connectivity index (χ1n) is 11.3. The van der Waals surface area contributed by atoms with E-state index in [0.29, 0.717) is 36.9 Å². The standard InChI is InChI=1S/C24H32N2O3/c1-29-21-5-2-4-20(13-21)22(27)25-6-3-7-26(9-8-25)23(28)24-14-17-10-18(15-24)12-19(11-17)16-24/h2,4-5,13,17-19H,3,6-12,14-16H2,1H3. The van der Waals surface area contributed by atoms with Crippen LogP contribution in [-0.4, -0.2) is 54.9 Å². The molecule has 4 saturated carbocycles. The summed E-state index contributed by atoms with van der Waals surface area (Å²) in [6.45, 7) is 2.77. The number of ether oxygens (including phenoxy) is 1. The van der Waals surface area contributed by atoms with Crippen LogP contribution in [0.1, 0.15) is 55.3 Å². The molecule has 4 bridgehead atoms. The molecule has 0 N–H and O–H groups in total. The normalized spacial score (nSPS) is 33.5. The van der Waals surface area contributed by atoms with Crippen LogP contribution in [0.2, 0.25) is 0 Å². The van der Waals surface area contributed by atoms with Crippen LogP contribution in [0.25, 0.3) is 0 Å². The molecule has 0 aromatic heterocycles. The topological polar surface area (TPSA) is 49.9 Å². The minimum atomic E-state index is -0.0826. The Morgan fingerprint density at radius 3 is 2.21 bits per heavy atom. The quantitative estimate of drug-likeness (QED) is 0.785. The molecule has 29 heavy (non-hydrogen) atoms. The summed E-state index contributed by atoms with van der Waals surface area (Å²) in [7, 11) is 1.61. The first kappa shape index (κ1) is 19.0. The fourth-order valence-corrected chi connectivity index (χ4v) is 6.97. The van der Waals surface area contributed by atoms with Crippen molar-refractivity contribution in [3.05, 3.63) is 29.8 Å². The van der Waals surface area contributed by atoms with Gasteiger partial charge in [0.25, 0.3) is 5.91 Å². The molecule has 1 aromatic rings. The smallest absolute Gasteiger partial charge is 0.254 e. The van der Waals surface area contributed by atoms with Gasteiger partial charge in [0.05, 0.1) is 12.5 Å². The second-order valence-corrected chi connectivity index (χ2v) is 9.87. The molecule has 156 valence electrons. The molecular weight excluding hydrogens is 364 g/mol. The second kappa shape index (κ2) is 7.33. The van der Waals surface area contributed by atoms with Crippen molar-refractivity contribution in [1.82, 2.24) is 9.80 Å². The molecular formula is C24H32N2O3. The van der Waals surface area contributed by atoms with Gasteiger partial charge in [-0.15, -0.1) is 0 Å². The minimum absolute atomic E-state index is 0.0352. The van der Waals surface area contributed by atoms with Crippen molar-refractivity contribution in [1.29, 1.82) is 0 Å². The minimum Gasteiger partial charge on any atom is -0.497 e. The van der Waals surface area contributed by atoms with Gasteiger partial charge in [0.2, 0.25) is 5.91 Å². The number of amides is 2. The van der Waals surface area contributed by atoms with Crippen LogP contribution in [0.4, 0.5) is 0 Å². The van der Waals surface area contributed by atoms with E-state index >= 15 is 0 Å². The third-order valence-electron chi connectivity index (χ3n) is 7.88. The summed E-state index contributed by atoms with van der Waals surface area (Å²) in [5.41, 5.74) is 0.575. The highest BCUT2D eigenvalue weighted by Crippen LogP contribution is 2.60. The van der Waals surface area contributed by atoms with Gasteiger partial charge in [0, 0.05) is 31.7 Å². The Balaban J connectivity index is 1.26.